The third-order valence-electron chi connectivity index (χ3n) is 7.15. The number of carbonyl (C=O) groups excluding carboxylic acids is 1. The highest BCUT2D eigenvalue weighted by atomic mass is 31.2. The van der Waals surface area contributed by atoms with Gasteiger partial charge in [-0.05, 0) is 56.9 Å². The number of hydrogen-bond donors (Lipinski definition) is 4. The van der Waals surface area contributed by atoms with E-state index in [1.165, 1.54) is 23.8 Å². The number of anilines is 1. The minimum atomic E-state index is -4.30. The number of nitrogen functional groups attached to an aromatic ring is 1. The van der Waals surface area contributed by atoms with Gasteiger partial charge in [0, 0.05) is 0 Å². The third-order valence-corrected chi connectivity index (χ3v) is 8.80. The molecule has 6 atom stereocenters. The van der Waals surface area contributed by atoms with Gasteiger partial charge in [-0.1, -0.05) is 18.2 Å². The molecule has 5 N–H and O–H groups in total. The lowest BCUT2D eigenvalue weighted by atomic mass is 9.92. The summed E-state index contributed by atoms with van der Waals surface area (Å²) in [5.41, 5.74) is 4.29. The van der Waals surface area contributed by atoms with Gasteiger partial charge in [0.15, 0.2) is 5.82 Å². The van der Waals surface area contributed by atoms with E-state index in [0.29, 0.717) is 5.52 Å². The maximum absolute atomic E-state index is 13.9. The van der Waals surface area contributed by atoms with Crippen molar-refractivity contribution < 1.29 is 38.1 Å². The molecule has 2 aliphatic rings. The zero-order chi connectivity index (χ0) is 29.2. The van der Waals surface area contributed by atoms with Gasteiger partial charge in [-0.25, -0.2) is 14.1 Å². The first-order valence-corrected chi connectivity index (χ1v) is 14.7. The highest BCUT2D eigenvalue weighted by Crippen LogP contribution is 2.47. The lowest BCUT2D eigenvalue weighted by molar-refractivity contribution is -0.150. The van der Waals surface area contributed by atoms with Crippen molar-refractivity contribution in [2.24, 2.45) is 0 Å². The summed E-state index contributed by atoms with van der Waals surface area (Å²) in [5.74, 6) is -0.288. The largest absolute Gasteiger partial charge is 0.461 e. The quantitative estimate of drug-likeness (QED) is 0.198. The van der Waals surface area contributed by atoms with Gasteiger partial charge in [0.25, 0.3) is 0 Å². The van der Waals surface area contributed by atoms with E-state index in [9.17, 15) is 24.8 Å². The van der Waals surface area contributed by atoms with E-state index in [1.807, 2.05) is 6.07 Å². The molecule has 0 amide bonds. The first-order chi connectivity index (χ1) is 19.7. The van der Waals surface area contributed by atoms with Crippen LogP contribution in [0.1, 0.15) is 38.3 Å². The number of nitrogens with two attached hydrogens (primary N) is 1. The van der Waals surface area contributed by atoms with Gasteiger partial charge in [-0.2, -0.15) is 15.4 Å². The average Bonchev–Trinajstić information content (AvgIpc) is 3.69. The van der Waals surface area contributed by atoms with Crippen LogP contribution in [0.2, 0.25) is 0 Å². The summed E-state index contributed by atoms with van der Waals surface area (Å²) >= 11 is 0. The van der Waals surface area contributed by atoms with E-state index >= 15 is 0 Å². The fraction of sp³-hybridized carbons (Fsp3) is 0.462. The van der Waals surface area contributed by atoms with Gasteiger partial charge < -0.3 is 29.9 Å². The number of para-hydroxylation sites is 1. The van der Waals surface area contributed by atoms with Gasteiger partial charge in [0.1, 0.15) is 54.1 Å². The molecule has 1 saturated carbocycles. The number of hydrogen-bond acceptors (Lipinski definition) is 12. The molecular weight excluding hydrogens is 555 g/mol. The number of nitriles is 1. The Morgan fingerprint density at radius 1 is 1.29 bits per heavy atom. The minimum Gasteiger partial charge on any atom is -0.461 e. The average molecular weight is 587 g/mol. The zero-order valence-corrected chi connectivity index (χ0v) is 23.1. The fourth-order valence-electron chi connectivity index (χ4n) is 4.99. The molecule has 0 bridgehead atoms. The van der Waals surface area contributed by atoms with E-state index in [-0.39, 0.29) is 23.4 Å². The third kappa shape index (κ3) is 5.78. The molecule has 2 aromatic heterocycles. The number of ether oxygens (including phenoxy) is 2. The van der Waals surface area contributed by atoms with Gasteiger partial charge in [0.2, 0.25) is 5.60 Å². The van der Waals surface area contributed by atoms with Crippen LogP contribution in [-0.4, -0.2) is 67.8 Å². The van der Waals surface area contributed by atoms with Crippen LogP contribution in [0.15, 0.2) is 48.8 Å². The SMILES string of the molecule is C[C@H](NP(=O)(OC[C@H]1O[C@@](C#N)(c2ccc3c(N)ncnn23)[C@H](O)[C@@H]1O)Oc1ccccc1)C(=O)OC1CCCC1. The molecule has 41 heavy (non-hydrogen) atoms. The molecule has 1 saturated heterocycles. The van der Waals surface area contributed by atoms with Crippen LogP contribution in [0.5, 0.6) is 5.75 Å². The first kappa shape index (κ1) is 28.9. The molecule has 15 heteroatoms. The van der Waals surface area contributed by atoms with Crippen LogP contribution in [0.4, 0.5) is 5.82 Å². The van der Waals surface area contributed by atoms with Crippen LogP contribution in [0.25, 0.3) is 5.52 Å². The molecule has 0 radical (unpaired) electrons. The minimum absolute atomic E-state index is 0.100. The molecule has 3 heterocycles. The number of esters is 1. The number of aromatic nitrogens is 3. The molecule has 0 spiro atoms. The number of fused-ring (bicyclic) bond motifs is 1. The van der Waals surface area contributed by atoms with E-state index in [1.54, 1.807) is 36.4 Å². The van der Waals surface area contributed by atoms with Crippen molar-refractivity contribution in [3.63, 3.8) is 0 Å². The Morgan fingerprint density at radius 2 is 2.02 bits per heavy atom. The molecule has 3 aromatic rings. The Bertz CT molecular complexity index is 1480. The summed E-state index contributed by atoms with van der Waals surface area (Å²) in [6.07, 6.45) is -0.246. The van der Waals surface area contributed by atoms with E-state index in [2.05, 4.69) is 15.2 Å². The molecule has 1 aromatic carbocycles. The number of aliphatic hydroxyl groups excluding tert-OH is 2. The Morgan fingerprint density at radius 3 is 2.73 bits per heavy atom. The van der Waals surface area contributed by atoms with Crippen molar-refractivity contribution in [1.82, 2.24) is 19.7 Å². The molecular formula is C26H31N6O8P. The Hall–Kier alpha value is -3.57. The summed E-state index contributed by atoms with van der Waals surface area (Å²) in [6.45, 7) is 0.891. The Balaban J connectivity index is 1.35. The molecule has 1 aliphatic carbocycles. The lowest BCUT2D eigenvalue weighted by Crippen LogP contribution is -2.41. The van der Waals surface area contributed by atoms with Crippen molar-refractivity contribution in [2.75, 3.05) is 12.3 Å². The highest BCUT2D eigenvalue weighted by Gasteiger charge is 2.58. The lowest BCUT2D eigenvalue weighted by Gasteiger charge is -2.26. The van der Waals surface area contributed by atoms with Gasteiger partial charge >= 0.3 is 13.7 Å². The summed E-state index contributed by atoms with van der Waals surface area (Å²) in [5, 5.41) is 38.7. The number of benzene rings is 1. The predicted molar refractivity (Wildman–Crippen MR) is 143 cm³/mol. The first-order valence-electron chi connectivity index (χ1n) is 13.2. The molecule has 2 fully saturated rings. The molecule has 1 aliphatic heterocycles. The number of aliphatic hydroxyl groups is 2. The zero-order valence-electron chi connectivity index (χ0n) is 22.2. The fourth-order valence-corrected chi connectivity index (χ4v) is 6.50. The van der Waals surface area contributed by atoms with Crippen molar-refractivity contribution >= 4 is 25.1 Å². The van der Waals surface area contributed by atoms with Crippen LogP contribution in [0, 0.1) is 11.3 Å². The molecule has 218 valence electrons. The number of carbonyl (C=O) groups is 1. The normalized spacial score (nSPS) is 26.8. The summed E-state index contributed by atoms with van der Waals surface area (Å²) in [6, 6.07) is 12.1. The van der Waals surface area contributed by atoms with Crippen molar-refractivity contribution in [1.29, 1.82) is 5.26 Å². The number of rotatable bonds is 10. The smallest absolute Gasteiger partial charge is 0.459 e. The number of nitrogens with zero attached hydrogens (tertiary/aromatic N) is 4. The second-order valence-electron chi connectivity index (χ2n) is 9.99. The maximum atomic E-state index is 13.9. The van der Waals surface area contributed by atoms with Crippen LogP contribution >= 0.6 is 7.75 Å². The topological polar surface area (TPSA) is 204 Å². The second kappa shape index (κ2) is 11.7. The van der Waals surface area contributed by atoms with Crippen LogP contribution < -0.4 is 15.3 Å². The van der Waals surface area contributed by atoms with E-state index in [4.69, 9.17) is 24.3 Å². The maximum Gasteiger partial charge on any atom is 0.459 e. The molecule has 1 unspecified atom stereocenters. The van der Waals surface area contributed by atoms with Crippen LogP contribution in [-0.2, 0) is 29.0 Å². The second-order valence-corrected chi connectivity index (χ2v) is 11.7. The number of nitrogens with one attached hydrogen (secondary N) is 1. The Kier molecular flexibility index (Phi) is 8.28. The monoisotopic (exact) mass is 586 g/mol. The summed E-state index contributed by atoms with van der Waals surface area (Å²) < 4.78 is 37.9. The predicted octanol–water partition coefficient (Wildman–Crippen LogP) is 1.82. The molecule has 14 nitrogen and oxygen atoms in total. The summed E-state index contributed by atoms with van der Waals surface area (Å²) in [7, 11) is -4.30. The van der Waals surface area contributed by atoms with E-state index in [0.717, 1.165) is 25.7 Å². The van der Waals surface area contributed by atoms with Crippen LogP contribution in [0.3, 0.4) is 0 Å². The van der Waals surface area contributed by atoms with Crippen molar-refractivity contribution in [3.8, 4) is 11.8 Å². The van der Waals surface area contributed by atoms with E-state index < -0.39 is 50.3 Å². The van der Waals surface area contributed by atoms with Gasteiger partial charge in [-0.3, -0.25) is 9.32 Å². The van der Waals surface area contributed by atoms with Gasteiger partial charge in [-0.15, -0.1) is 0 Å². The van der Waals surface area contributed by atoms with Crippen molar-refractivity contribution in [3.05, 3.63) is 54.5 Å². The molecule has 5 rings (SSSR count). The standard InChI is InChI=1S/C26H31N6O8P/c1-16(25(35)38-17-7-5-6-8-17)31-41(36,40-18-9-3-2-4-10-18)37-13-20-22(33)23(34)26(14-27,39-20)21-12-11-19-24(28)29-15-30-32(19)21/h2-4,9-12,15-17,20,22-23,33-34H,5-8,13H2,1H3,(H,31,36)(H2,28,29,30)/t16-,20+,22+,23+,26-,41?/m0/s1. The Labute approximate surface area is 235 Å². The highest BCUT2D eigenvalue weighted by molar-refractivity contribution is 7.52. The summed E-state index contributed by atoms with van der Waals surface area (Å²) in [4.78, 5) is 16.6. The van der Waals surface area contributed by atoms with Crippen molar-refractivity contribution in [2.45, 2.75) is 68.7 Å². The van der Waals surface area contributed by atoms with Gasteiger partial charge in [0.05, 0.1) is 12.3 Å².